The molecule has 0 saturated carbocycles. The second kappa shape index (κ2) is 6.74. The van der Waals surface area contributed by atoms with Crippen LogP contribution < -0.4 is 4.90 Å². The van der Waals surface area contributed by atoms with Gasteiger partial charge in [-0.1, -0.05) is 0 Å². The average molecular weight is 289 g/mol. The standard InChI is InChI=1S/C14H18F3NO2/c1-10(2)20-7-6-18(3)12-5-4-11(9-19)13(8-12)14(15,16)17/h4-5,8-10H,6-7H2,1-3H3. The molecule has 0 N–H and O–H groups in total. The fourth-order valence-electron chi connectivity index (χ4n) is 1.68. The summed E-state index contributed by atoms with van der Waals surface area (Å²) in [6.45, 7) is 4.67. The molecule has 0 unspecified atom stereocenters. The van der Waals surface area contributed by atoms with Gasteiger partial charge in [-0.15, -0.1) is 0 Å². The highest BCUT2D eigenvalue weighted by molar-refractivity contribution is 5.79. The molecule has 0 bridgehead atoms. The van der Waals surface area contributed by atoms with Gasteiger partial charge in [0.2, 0.25) is 0 Å². The molecular weight excluding hydrogens is 271 g/mol. The highest BCUT2D eigenvalue weighted by Gasteiger charge is 2.33. The summed E-state index contributed by atoms with van der Waals surface area (Å²) in [5, 5.41) is 0. The highest BCUT2D eigenvalue weighted by atomic mass is 19.4. The van der Waals surface area contributed by atoms with Crippen molar-refractivity contribution in [1.29, 1.82) is 0 Å². The van der Waals surface area contributed by atoms with Crippen LogP contribution in [-0.2, 0) is 10.9 Å². The summed E-state index contributed by atoms with van der Waals surface area (Å²) >= 11 is 0. The Morgan fingerprint density at radius 2 is 2.00 bits per heavy atom. The fraction of sp³-hybridized carbons (Fsp3) is 0.500. The van der Waals surface area contributed by atoms with Crippen molar-refractivity contribution in [3.63, 3.8) is 0 Å². The minimum atomic E-state index is -4.54. The lowest BCUT2D eigenvalue weighted by Crippen LogP contribution is -2.24. The highest BCUT2D eigenvalue weighted by Crippen LogP contribution is 2.33. The molecule has 0 spiro atoms. The van der Waals surface area contributed by atoms with Crippen LogP contribution >= 0.6 is 0 Å². The molecule has 112 valence electrons. The summed E-state index contributed by atoms with van der Waals surface area (Å²) in [5.41, 5.74) is -0.870. The van der Waals surface area contributed by atoms with E-state index in [4.69, 9.17) is 4.74 Å². The van der Waals surface area contributed by atoms with Gasteiger partial charge in [0, 0.05) is 24.8 Å². The Morgan fingerprint density at radius 3 is 2.50 bits per heavy atom. The first-order valence-corrected chi connectivity index (χ1v) is 6.25. The Morgan fingerprint density at radius 1 is 1.35 bits per heavy atom. The van der Waals surface area contributed by atoms with Gasteiger partial charge in [-0.05, 0) is 32.0 Å². The molecule has 0 amide bonds. The van der Waals surface area contributed by atoms with Crippen molar-refractivity contribution in [2.75, 3.05) is 25.1 Å². The summed E-state index contributed by atoms with van der Waals surface area (Å²) in [6.07, 6.45) is -4.25. The minimum Gasteiger partial charge on any atom is -0.377 e. The summed E-state index contributed by atoms with van der Waals surface area (Å²) in [6, 6.07) is 3.67. The number of rotatable bonds is 6. The first-order chi connectivity index (χ1) is 9.25. The molecule has 6 heteroatoms. The molecule has 1 aromatic carbocycles. The maximum atomic E-state index is 12.8. The first kappa shape index (κ1) is 16.5. The molecule has 0 heterocycles. The van der Waals surface area contributed by atoms with Crippen LogP contribution in [0.25, 0.3) is 0 Å². The Bertz CT molecular complexity index is 458. The molecule has 0 aliphatic carbocycles. The Balaban J connectivity index is 2.88. The van der Waals surface area contributed by atoms with Crippen LogP contribution in [-0.4, -0.2) is 32.6 Å². The van der Waals surface area contributed by atoms with E-state index >= 15 is 0 Å². The summed E-state index contributed by atoms with van der Waals surface area (Å²) < 4.78 is 43.9. The van der Waals surface area contributed by atoms with Gasteiger partial charge in [0.25, 0.3) is 0 Å². The van der Waals surface area contributed by atoms with E-state index < -0.39 is 11.7 Å². The number of hydrogen-bond acceptors (Lipinski definition) is 3. The third-order valence-corrected chi connectivity index (χ3v) is 2.79. The first-order valence-electron chi connectivity index (χ1n) is 6.25. The van der Waals surface area contributed by atoms with Crippen LogP contribution in [0.2, 0.25) is 0 Å². The monoisotopic (exact) mass is 289 g/mol. The second-order valence-corrected chi connectivity index (χ2v) is 4.73. The summed E-state index contributed by atoms with van der Waals surface area (Å²) in [5.74, 6) is 0. The van der Waals surface area contributed by atoms with Gasteiger partial charge in [0.15, 0.2) is 6.29 Å². The van der Waals surface area contributed by atoms with Gasteiger partial charge < -0.3 is 9.64 Å². The topological polar surface area (TPSA) is 29.5 Å². The normalized spacial score (nSPS) is 11.8. The Hall–Kier alpha value is -1.56. The lowest BCUT2D eigenvalue weighted by molar-refractivity contribution is -0.137. The van der Waals surface area contributed by atoms with E-state index in [0.717, 1.165) is 6.07 Å². The van der Waals surface area contributed by atoms with Gasteiger partial charge in [-0.2, -0.15) is 13.2 Å². The fourth-order valence-corrected chi connectivity index (χ4v) is 1.68. The number of carbonyl (C=O) groups excluding carboxylic acids is 1. The smallest absolute Gasteiger partial charge is 0.377 e. The van der Waals surface area contributed by atoms with Crippen LogP contribution in [0.4, 0.5) is 18.9 Å². The maximum Gasteiger partial charge on any atom is 0.417 e. The van der Waals surface area contributed by atoms with Crippen molar-refractivity contribution in [3.05, 3.63) is 29.3 Å². The van der Waals surface area contributed by atoms with E-state index in [1.807, 2.05) is 13.8 Å². The number of halogens is 3. The lowest BCUT2D eigenvalue weighted by atomic mass is 10.1. The van der Waals surface area contributed by atoms with Crippen molar-refractivity contribution in [2.45, 2.75) is 26.1 Å². The van der Waals surface area contributed by atoms with E-state index in [1.54, 1.807) is 11.9 Å². The number of carbonyl (C=O) groups is 1. The molecule has 0 aliphatic rings. The predicted octanol–water partition coefficient (Wildman–Crippen LogP) is 3.38. The van der Waals surface area contributed by atoms with Crippen LogP contribution in [0.1, 0.15) is 29.8 Å². The van der Waals surface area contributed by atoms with Gasteiger partial charge >= 0.3 is 6.18 Å². The zero-order chi connectivity index (χ0) is 15.3. The largest absolute Gasteiger partial charge is 0.417 e. The molecule has 0 saturated heterocycles. The van der Waals surface area contributed by atoms with E-state index in [1.165, 1.54) is 12.1 Å². The second-order valence-electron chi connectivity index (χ2n) is 4.73. The number of nitrogens with zero attached hydrogens (tertiary/aromatic N) is 1. The minimum absolute atomic E-state index is 0.0755. The van der Waals surface area contributed by atoms with Crippen LogP contribution in [0.5, 0.6) is 0 Å². The Labute approximate surface area is 116 Å². The third kappa shape index (κ3) is 4.52. The number of anilines is 1. The summed E-state index contributed by atoms with van der Waals surface area (Å²) in [7, 11) is 1.68. The van der Waals surface area contributed by atoms with E-state index in [2.05, 4.69) is 0 Å². The number of benzene rings is 1. The third-order valence-electron chi connectivity index (χ3n) is 2.79. The molecule has 0 aromatic heterocycles. The van der Waals surface area contributed by atoms with Crippen molar-refractivity contribution in [1.82, 2.24) is 0 Å². The molecule has 0 radical (unpaired) electrons. The molecule has 3 nitrogen and oxygen atoms in total. The molecular formula is C14H18F3NO2. The zero-order valence-electron chi connectivity index (χ0n) is 11.7. The van der Waals surface area contributed by atoms with Crippen molar-refractivity contribution in [3.8, 4) is 0 Å². The molecule has 0 fully saturated rings. The lowest BCUT2D eigenvalue weighted by Gasteiger charge is -2.21. The van der Waals surface area contributed by atoms with Crippen molar-refractivity contribution >= 4 is 12.0 Å². The number of ether oxygens (including phenoxy) is 1. The predicted molar refractivity (Wildman–Crippen MR) is 71.2 cm³/mol. The van der Waals surface area contributed by atoms with Gasteiger partial charge in [-0.25, -0.2) is 0 Å². The number of alkyl halides is 3. The van der Waals surface area contributed by atoms with Crippen molar-refractivity contribution in [2.24, 2.45) is 0 Å². The molecule has 1 rings (SSSR count). The molecule has 0 atom stereocenters. The van der Waals surface area contributed by atoms with Crippen LogP contribution in [0.15, 0.2) is 18.2 Å². The van der Waals surface area contributed by atoms with Gasteiger partial charge in [-0.3, -0.25) is 4.79 Å². The summed E-state index contributed by atoms with van der Waals surface area (Å²) in [4.78, 5) is 12.3. The van der Waals surface area contributed by atoms with Crippen LogP contribution in [0.3, 0.4) is 0 Å². The molecule has 1 aromatic rings. The van der Waals surface area contributed by atoms with Crippen LogP contribution in [0, 0.1) is 0 Å². The van der Waals surface area contributed by atoms with Gasteiger partial charge in [0.05, 0.1) is 18.3 Å². The maximum absolute atomic E-state index is 12.8. The molecule has 20 heavy (non-hydrogen) atoms. The SMILES string of the molecule is CC(C)OCCN(C)c1ccc(C=O)c(C(F)(F)F)c1. The van der Waals surface area contributed by atoms with Crippen molar-refractivity contribution < 1.29 is 22.7 Å². The number of aldehydes is 1. The van der Waals surface area contributed by atoms with E-state index in [-0.39, 0.29) is 18.0 Å². The number of likely N-dealkylation sites (N-methyl/N-ethyl adjacent to an activating group) is 1. The Kier molecular flexibility index (Phi) is 5.56. The molecule has 0 aliphatic heterocycles. The average Bonchev–Trinajstić information content (AvgIpc) is 2.36. The quantitative estimate of drug-likeness (QED) is 0.752. The number of hydrogen-bond donors (Lipinski definition) is 0. The van der Waals surface area contributed by atoms with E-state index in [0.29, 0.717) is 18.8 Å². The van der Waals surface area contributed by atoms with Gasteiger partial charge in [0.1, 0.15) is 0 Å². The zero-order valence-corrected chi connectivity index (χ0v) is 11.7. The van der Waals surface area contributed by atoms with E-state index in [9.17, 15) is 18.0 Å².